The van der Waals surface area contributed by atoms with Crippen LogP contribution in [0.3, 0.4) is 0 Å². The van der Waals surface area contributed by atoms with Gasteiger partial charge in [-0.2, -0.15) is 0 Å². The molecular formula is C49H74N8O13. The average molecular weight is 983 g/mol. The van der Waals surface area contributed by atoms with Gasteiger partial charge in [0.25, 0.3) is 5.91 Å². The topological polar surface area (TPSA) is 319 Å². The van der Waals surface area contributed by atoms with Crippen LogP contribution in [0.5, 0.6) is 11.5 Å². The maximum Gasteiger partial charge on any atom is 0.336 e. The van der Waals surface area contributed by atoms with Gasteiger partial charge in [0.1, 0.15) is 35.7 Å². The first-order valence-electron chi connectivity index (χ1n) is 24.1. The van der Waals surface area contributed by atoms with Gasteiger partial charge in [0.2, 0.25) is 35.4 Å². The quantitative estimate of drug-likeness (QED) is 0.0361. The second-order valence-corrected chi connectivity index (χ2v) is 17.7. The molecule has 11 N–H and O–H groups in total. The Balaban J connectivity index is 1.66. The Morgan fingerprint density at radius 3 is 1.94 bits per heavy atom. The molecule has 70 heavy (non-hydrogen) atoms. The van der Waals surface area contributed by atoms with Crippen LogP contribution >= 0.6 is 0 Å². The van der Waals surface area contributed by atoms with Crippen molar-refractivity contribution in [3.63, 3.8) is 0 Å². The summed E-state index contributed by atoms with van der Waals surface area (Å²) in [5.41, 5.74) is 6.54. The Morgan fingerprint density at radius 1 is 0.786 bits per heavy atom. The Morgan fingerprint density at radius 2 is 1.36 bits per heavy atom. The lowest BCUT2D eigenvalue weighted by Crippen LogP contribution is -2.59. The van der Waals surface area contributed by atoms with Crippen molar-refractivity contribution >= 4 is 47.3 Å². The summed E-state index contributed by atoms with van der Waals surface area (Å²) in [6.07, 6.45) is 11.4. The number of methoxy groups -OCH3 is 1. The first-order valence-corrected chi connectivity index (χ1v) is 24.1. The zero-order valence-corrected chi connectivity index (χ0v) is 41.1. The maximum absolute atomic E-state index is 14.1. The number of carbonyl (C=O) groups is 8. The van der Waals surface area contributed by atoms with Crippen molar-refractivity contribution in [3.8, 4) is 22.6 Å². The molecule has 21 nitrogen and oxygen atoms in total. The third kappa shape index (κ3) is 17.9. The number of aromatic hydroxyl groups is 2. The Kier molecular flexibility index (Phi) is 24.6. The molecule has 1 heterocycles. The monoisotopic (exact) mass is 983 g/mol. The lowest BCUT2D eigenvalue weighted by atomic mass is 9.93. The van der Waals surface area contributed by atoms with Crippen LogP contribution in [0.2, 0.25) is 0 Å². The number of ether oxygens (including phenoxy) is 1. The van der Waals surface area contributed by atoms with E-state index in [2.05, 4.69) is 38.2 Å². The molecule has 1 unspecified atom stereocenters. The predicted molar refractivity (Wildman–Crippen MR) is 258 cm³/mol. The molecule has 21 heteroatoms. The summed E-state index contributed by atoms with van der Waals surface area (Å²) >= 11 is 0. The summed E-state index contributed by atoms with van der Waals surface area (Å²) in [7, 11) is 3.66. The number of esters is 1. The van der Waals surface area contributed by atoms with Crippen LogP contribution in [-0.2, 0) is 49.5 Å². The largest absolute Gasteiger partial charge is 0.507 e. The van der Waals surface area contributed by atoms with Crippen LogP contribution in [0.15, 0.2) is 36.4 Å². The highest BCUT2D eigenvalue weighted by Crippen LogP contribution is 2.38. The van der Waals surface area contributed by atoms with Crippen molar-refractivity contribution in [3.05, 3.63) is 47.5 Å². The van der Waals surface area contributed by atoms with Gasteiger partial charge in [-0.25, -0.2) is 4.79 Å². The molecule has 388 valence electrons. The minimum Gasteiger partial charge on any atom is -0.507 e. The van der Waals surface area contributed by atoms with Gasteiger partial charge in [-0.15, -0.1) is 0 Å². The van der Waals surface area contributed by atoms with Crippen molar-refractivity contribution in [2.24, 2.45) is 5.73 Å². The number of nitrogens with two attached hydrogens (primary N) is 1. The summed E-state index contributed by atoms with van der Waals surface area (Å²) in [4.78, 5) is 108. The van der Waals surface area contributed by atoms with E-state index in [4.69, 9.17) is 5.73 Å². The van der Waals surface area contributed by atoms with Crippen molar-refractivity contribution < 1.29 is 63.5 Å². The minimum atomic E-state index is -1.73. The Bertz CT molecular complexity index is 2100. The number of nitrogens with zero attached hydrogens (tertiary/aromatic N) is 2. The Hall–Kier alpha value is -6.32. The van der Waals surface area contributed by atoms with Gasteiger partial charge in [0.15, 0.2) is 12.3 Å². The smallest absolute Gasteiger partial charge is 0.336 e. The fraction of sp³-hybridized carbons (Fsp3) is 0.592. The molecule has 3 rings (SSSR count). The lowest BCUT2D eigenvalue weighted by molar-refractivity contribution is -0.150. The number of aliphatic hydroxyl groups is 2. The van der Waals surface area contributed by atoms with Crippen molar-refractivity contribution in [1.29, 1.82) is 0 Å². The molecule has 4 bridgehead atoms. The van der Waals surface area contributed by atoms with Crippen molar-refractivity contribution in [2.75, 3.05) is 40.9 Å². The molecule has 0 aliphatic carbocycles. The molecule has 2 aromatic rings. The summed E-state index contributed by atoms with van der Waals surface area (Å²) in [5.74, 6) is -7.38. The van der Waals surface area contributed by atoms with E-state index in [0.29, 0.717) is 12.0 Å². The van der Waals surface area contributed by atoms with E-state index in [1.807, 2.05) is 0 Å². The van der Waals surface area contributed by atoms with Gasteiger partial charge < -0.3 is 67.3 Å². The summed E-state index contributed by atoms with van der Waals surface area (Å²) < 4.78 is 4.48. The van der Waals surface area contributed by atoms with Gasteiger partial charge >= 0.3 is 5.97 Å². The molecule has 0 spiro atoms. The molecule has 0 saturated heterocycles. The molecule has 0 saturated carbocycles. The normalized spacial score (nSPS) is 17.1. The van der Waals surface area contributed by atoms with Crippen molar-refractivity contribution in [1.82, 2.24) is 36.4 Å². The molecular weight excluding hydrogens is 909 g/mol. The number of phenols is 2. The number of nitrogens with one attached hydrogen (secondary N) is 5. The molecule has 6 atom stereocenters. The SMILES string of the molecule is CCCCCCCCCCCCCCCC(=O)N(C)[C@H](CO)C(=O)N[C@H](N)C(=O)NCC(=O)N(C)[C@@H]1C(=O)N[C@@H](C)C(=O)N[C@H](C(=O)NCC(O)C(=O)OC)Cc2ccc(O)c(c2)-c2cc1ccc2O. The van der Waals surface area contributed by atoms with E-state index in [0.717, 1.165) is 42.6 Å². The van der Waals surface area contributed by atoms with E-state index in [-0.39, 0.29) is 46.9 Å². The molecule has 0 fully saturated rings. The number of phenolic OH excluding ortho intramolecular Hbond substituents is 2. The van der Waals surface area contributed by atoms with Gasteiger partial charge in [-0.3, -0.25) is 33.6 Å². The number of rotatable bonds is 26. The van der Waals surface area contributed by atoms with E-state index in [1.54, 1.807) is 0 Å². The van der Waals surface area contributed by atoms with Gasteiger partial charge in [0, 0.05) is 38.1 Å². The molecule has 2 aromatic carbocycles. The molecule has 1 aliphatic heterocycles. The third-order valence-corrected chi connectivity index (χ3v) is 12.3. The van der Waals surface area contributed by atoms with Crippen LogP contribution in [-0.4, -0.2) is 149 Å². The number of carbonyl (C=O) groups excluding carboxylic acids is 8. The van der Waals surface area contributed by atoms with E-state index in [9.17, 15) is 58.8 Å². The standard InChI is InChI=1S/C49H74N8O13/c1-6-7-8-9-10-11-12-13-14-15-16-17-18-19-40(62)56(3)36(29-58)46(66)55-43(50)48(68)52-28-41(63)57(4)42-32-21-23-38(60)34(26-32)33-24-31(20-22-37(33)59)25-35(54-44(64)30(2)53-47(42)67)45(65)51-27-39(61)49(69)70-5/h20-24,26,30,35-36,39,42-43,58-61H,6-19,25,27-29,50H2,1-5H3,(H,51,65)(H,52,68)(H,53,67)(H,54,64)(H,55,66)/t30-,35-,36+,39?,42-,43-/m0/s1. The fourth-order valence-electron chi connectivity index (χ4n) is 7.94. The fourth-order valence-corrected chi connectivity index (χ4v) is 7.94. The van der Waals surface area contributed by atoms with Gasteiger partial charge in [-0.1, -0.05) is 96.1 Å². The molecule has 7 amide bonds. The van der Waals surface area contributed by atoms with Crippen LogP contribution in [0.25, 0.3) is 11.1 Å². The van der Waals surface area contributed by atoms with Gasteiger partial charge in [-0.05, 0) is 48.7 Å². The number of fused-ring (bicyclic) bond motifs is 5. The van der Waals surface area contributed by atoms with Crippen LogP contribution in [0.1, 0.15) is 121 Å². The summed E-state index contributed by atoms with van der Waals surface area (Å²) in [6.45, 7) is 1.47. The van der Waals surface area contributed by atoms with Gasteiger partial charge in [0.05, 0.1) is 26.8 Å². The number of amides is 7. The number of hydrogen-bond donors (Lipinski definition) is 10. The average Bonchev–Trinajstić information content (AvgIpc) is 3.33. The number of likely N-dealkylation sites (N-methyl/N-ethyl adjacent to an activating group) is 2. The number of unbranched alkanes of at least 4 members (excludes halogenated alkanes) is 12. The predicted octanol–water partition coefficient (Wildman–Crippen LogP) is 1.28. The molecule has 0 radical (unpaired) electrons. The zero-order chi connectivity index (χ0) is 51.9. The Labute approximate surface area is 409 Å². The summed E-state index contributed by atoms with van der Waals surface area (Å²) in [5, 5.41) is 54.0. The second kappa shape index (κ2) is 29.7. The zero-order valence-electron chi connectivity index (χ0n) is 41.1. The number of benzene rings is 2. The van der Waals surface area contributed by atoms with Crippen LogP contribution < -0.4 is 32.3 Å². The number of aliphatic hydroxyl groups excluding tert-OH is 2. The van der Waals surface area contributed by atoms with Crippen LogP contribution in [0.4, 0.5) is 0 Å². The highest BCUT2D eigenvalue weighted by molar-refractivity contribution is 5.97. The van der Waals surface area contributed by atoms with Crippen molar-refractivity contribution in [2.45, 2.75) is 147 Å². The summed E-state index contributed by atoms with van der Waals surface area (Å²) in [6, 6.07) is 2.55. The lowest BCUT2D eigenvalue weighted by Gasteiger charge is -2.30. The second-order valence-electron chi connectivity index (χ2n) is 17.7. The number of hydrogen-bond acceptors (Lipinski definition) is 14. The maximum atomic E-state index is 14.1. The minimum absolute atomic E-state index is 0.0231. The van der Waals surface area contributed by atoms with E-state index >= 15 is 0 Å². The molecule has 0 aromatic heterocycles. The van der Waals surface area contributed by atoms with E-state index in [1.165, 1.54) is 109 Å². The first-order chi connectivity index (χ1) is 33.3. The first kappa shape index (κ1) is 58.0. The van der Waals surface area contributed by atoms with E-state index < -0.39 is 97.5 Å². The third-order valence-electron chi connectivity index (χ3n) is 12.3. The van der Waals surface area contributed by atoms with Crippen LogP contribution in [0, 0.1) is 0 Å². The molecule has 1 aliphatic rings. The highest BCUT2D eigenvalue weighted by atomic mass is 16.5. The highest BCUT2D eigenvalue weighted by Gasteiger charge is 2.34.